The highest BCUT2D eigenvalue weighted by molar-refractivity contribution is 6.06. The summed E-state index contributed by atoms with van der Waals surface area (Å²) in [7, 11) is 1.76. The molecule has 33 heavy (non-hydrogen) atoms. The van der Waals surface area contributed by atoms with E-state index >= 15 is 0 Å². The molecule has 0 fully saturated rings. The fourth-order valence-electron chi connectivity index (χ4n) is 2.82. The number of carbonyl (C=O) groups excluding carboxylic acids is 3. The summed E-state index contributed by atoms with van der Waals surface area (Å²) in [5.74, 6) is -0.665. The molecule has 0 aliphatic rings. The molecule has 0 unspecified atom stereocenters. The predicted octanol–water partition coefficient (Wildman–Crippen LogP) is 4.41. The fraction of sp³-hybridized carbons (Fsp3) is 0.520. The van der Waals surface area contributed by atoms with Gasteiger partial charge in [-0.05, 0) is 36.0 Å². The zero-order valence-electron chi connectivity index (χ0n) is 20.5. The highest BCUT2D eigenvalue weighted by Crippen LogP contribution is 2.23. The SMILES string of the molecule is CC(C)COC(=O)/C=C/c1nc2cc(C(=O)OCC(C)C)c(C(=O)OCC(C)C)cc2n1C. The number of aryl methyl sites for hydroxylation is 1. The van der Waals surface area contributed by atoms with E-state index in [0.29, 0.717) is 23.5 Å². The van der Waals surface area contributed by atoms with Gasteiger partial charge in [-0.15, -0.1) is 0 Å². The molecule has 2 aromatic rings. The summed E-state index contributed by atoms with van der Waals surface area (Å²) in [5.41, 5.74) is 1.32. The van der Waals surface area contributed by atoms with E-state index in [0.717, 1.165) is 0 Å². The maximum atomic E-state index is 12.8. The number of ether oxygens (including phenoxy) is 3. The first-order chi connectivity index (χ1) is 15.5. The van der Waals surface area contributed by atoms with Gasteiger partial charge in [0.05, 0.1) is 42.0 Å². The largest absolute Gasteiger partial charge is 0.462 e. The van der Waals surface area contributed by atoms with Gasteiger partial charge in [-0.2, -0.15) is 0 Å². The van der Waals surface area contributed by atoms with E-state index in [1.54, 1.807) is 17.7 Å². The Hall–Kier alpha value is -3.16. The summed E-state index contributed by atoms with van der Waals surface area (Å²) in [6.45, 7) is 12.4. The Morgan fingerprint density at radius 2 is 1.33 bits per heavy atom. The van der Waals surface area contributed by atoms with Crippen LogP contribution in [0.25, 0.3) is 17.1 Å². The summed E-state index contributed by atoms with van der Waals surface area (Å²) >= 11 is 0. The van der Waals surface area contributed by atoms with E-state index in [2.05, 4.69) is 4.98 Å². The number of hydrogen-bond donors (Lipinski definition) is 0. The third-order valence-electron chi connectivity index (χ3n) is 4.52. The summed E-state index contributed by atoms with van der Waals surface area (Å²) in [5, 5.41) is 0. The lowest BCUT2D eigenvalue weighted by molar-refractivity contribution is -0.138. The minimum Gasteiger partial charge on any atom is -0.462 e. The molecular formula is C25H34N2O6. The lowest BCUT2D eigenvalue weighted by atomic mass is 10.1. The summed E-state index contributed by atoms with van der Waals surface area (Å²) in [6.07, 6.45) is 2.84. The second-order valence-electron chi connectivity index (χ2n) is 9.26. The van der Waals surface area contributed by atoms with Gasteiger partial charge in [-0.25, -0.2) is 19.4 Å². The lowest BCUT2D eigenvalue weighted by Crippen LogP contribution is -2.17. The van der Waals surface area contributed by atoms with Crippen molar-refractivity contribution in [1.82, 2.24) is 9.55 Å². The van der Waals surface area contributed by atoms with E-state index in [1.165, 1.54) is 18.2 Å². The van der Waals surface area contributed by atoms with Crippen LogP contribution >= 0.6 is 0 Å². The average molecular weight is 459 g/mol. The van der Waals surface area contributed by atoms with Crippen molar-refractivity contribution in [3.63, 3.8) is 0 Å². The lowest BCUT2D eigenvalue weighted by Gasteiger charge is -2.12. The molecule has 0 N–H and O–H groups in total. The number of esters is 3. The Kier molecular flexibility index (Phi) is 9.20. The van der Waals surface area contributed by atoms with Crippen molar-refractivity contribution in [3.05, 3.63) is 35.2 Å². The molecule has 0 aliphatic carbocycles. The predicted molar refractivity (Wildman–Crippen MR) is 126 cm³/mol. The van der Waals surface area contributed by atoms with E-state index < -0.39 is 17.9 Å². The molecule has 2 rings (SSSR count). The van der Waals surface area contributed by atoms with Crippen molar-refractivity contribution in [3.8, 4) is 0 Å². The number of aromatic nitrogens is 2. The van der Waals surface area contributed by atoms with Crippen molar-refractivity contribution in [2.45, 2.75) is 41.5 Å². The zero-order valence-corrected chi connectivity index (χ0v) is 20.5. The number of fused-ring (bicyclic) bond motifs is 1. The molecule has 1 heterocycles. The van der Waals surface area contributed by atoms with Gasteiger partial charge >= 0.3 is 17.9 Å². The van der Waals surface area contributed by atoms with Gasteiger partial charge in [0.2, 0.25) is 0 Å². The van der Waals surface area contributed by atoms with Gasteiger partial charge in [-0.1, -0.05) is 41.5 Å². The first kappa shape index (κ1) is 26.1. The Bertz CT molecular complexity index is 1030. The number of carbonyl (C=O) groups is 3. The number of benzene rings is 1. The van der Waals surface area contributed by atoms with Gasteiger partial charge in [0, 0.05) is 13.1 Å². The fourth-order valence-corrected chi connectivity index (χ4v) is 2.82. The summed E-state index contributed by atoms with van der Waals surface area (Å²) < 4.78 is 17.6. The molecule has 180 valence electrons. The van der Waals surface area contributed by atoms with Gasteiger partial charge in [0.25, 0.3) is 0 Å². The van der Waals surface area contributed by atoms with Gasteiger partial charge in [0.1, 0.15) is 5.82 Å². The van der Waals surface area contributed by atoms with Crippen LogP contribution in [0, 0.1) is 17.8 Å². The smallest absolute Gasteiger partial charge is 0.339 e. The van der Waals surface area contributed by atoms with Crippen LogP contribution in [0.3, 0.4) is 0 Å². The second-order valence-corrected chi connectivity index (χ2v) is 9.26. The third-order valence-corrected chi connectivity index (χ3v) is 4.52. The van der Waals surface area contributed by atoms with Crippen molar-refractivity contribution in [1.29, 1.82) is 0 Å². The van der Waals surface area contributed by atoms with Crippen LogP contribution in [-0.4, -0.2) is 47.3 Å². The van der Waals surface area contributed by atoms with Crippen LogP contribution < -0.4 is 0 Å². The zero-order chi connectivity index (χ0) is 24.7. The topological polar surface area (TPSA) is 96.7 Å². The first-order valence-corrected chi connectivity index (χ1v) is 11.2. The third kappa shape index (κ3) is 7.44. The molecule has 0 aliphatic heterocycles. The Balaban J connectivity index is 2.43. The maximum Gasteiger partial charge on any atom is 0.339 e. The number of imidazole rings is 1. The highest BCUT2D eigenvalue weighted by atomic mass is 16.5. The molecule has 0 bridgehead atoms. The normalized spacial score (nSPS) is 11.7. The van der Waals surface area contributed by atoms with Gasteiger partial charge in [-0.3, -0.25) is 0 Å². The molecule has 0 saturated carbocycles. The maximum absolute atomic E-state index is 12.8. The van der Waals surface area contributed by atoms with Gasteiger partial charge in [0.15, 0.2) is 0 Å². The van der Waals surface area contributed by atoms with E-state index in [9.17, 15) is 14.4 Å². The Morgan fingerprint density at radius 3 is 1.85 bits per heavy atom. The number of nitrogens with zero attached hydrogens (tertiary/aromatic N) is 2. The second kappa shape index (κ2) is 11.6. The number of rotatable bonds is 10. The first-order valence-electron chi connectivity index (χ1n) is 11.2. The van der Waals surface area contributed by atoms with Crippen LogP contribution in [0.2, 0.25) is 0 Å². The van der Waals surface area contributed by atoms with Gasteiger partial charge < -0.3 is 18.8 Å². The van der Waals surface area contributed by atoms with Crippen LogP contribution in [0.15, 0.2) is 18.2 Å². The number of hydrogen-bond acceptors (Lipinski definition) is 7. The monoisotopic (exact) mass is 458 g/mol. The molecule has 8 nitrogen and oxygen atoms in total. The molecule has 1 aromatic heterocycles. The molecule has 0 saturated heterocycles. The van der Waals surface area contributed by atoms with Crippen molar-refractivity contribution in [2.75, 3.05) is 19.8 Å². The van der Waals surface area contributed by atoms with Crippen LogP contribution in [0.4, 0.5) is 0 Å². The van der Waals surface area contributed by atoms with E-state index in [-0.39, 0.29) is 42.1 Å². The molecule has 0 spiro atoms. The van der Waals surface area contributed by atoms with Crippen molar-refractivity contribution < 1.29 is 28.6 Å². The summed E-state index contributed by atoms with van der Waals surface area (Å²) in [4.78, 5) is 42.0. The molecule has 0 atom stereocenters. The summed E-state index contributed by atoms with van der Waals surface area (Å²) in [6, 6.07) is 3.10. The minimum atomic E-state index is -0.609. The van der Waals surface area contributed by atoms with E-state index in [1.807, 2.05) is 41.5 Å². The average Bonchev–Trinajstić information content (AvgIpc) is 3.06. The van der Waals surface area contributed by atoms with Crippen LogP contribution in [0.5, 0.6) is 0 Å². The molecule has 8 heteroatoms. The van der Waals surface area contributed by atoms with E-state index in [4.69, 9.17) is 14.2 Å². The molecule has 0 amide bonds. The van der Waals surface area contributed by atoms with Crippen molar-refractivity contribution in [2.24, 2.45) is 24.8 Å². The molecule has 0 radical (unpaired) electrons. The Labute approximate surface area is 194 Å². The Morgan fingerprint density at radius 1 is 0.848 bits per heavy atom. The quantitative estimate of drug-likeness (QED) is 0.295. The standard InChI is InChI=1S/C25H34N2O6/c1-15(2)12-31-23(28)9-8-22-26-20-10-18(24(29)32-13-16(3)4)19(11-21(20)27(22)7)25(30)33-14-17(5)6/h8-11,15-17H,12-14H2,1-7H3/b9-8+. The van der Waals surface area contributed by atoms with Crippen LogP contribution in [-0.2, 0) is 26.1 Å². The van der Waals surface area contributed by atoms with Crippen LogP contribution in [0.1, 0.15) is 68.1 Å². The highest BCUT2D eigenvalue weighted by Gasteiger charge is 2.23. The minimum absolute atomic E-state index is 0.0990. The molecular weight excluding hydrogens is 424 g/mol. The van der Waals surface area contributed by atoms with Crippen molar-refractivity contribution >= 4 is 35.0 Å². The molecule has 1 aromatic carbocycles.